The predicted molar refractivity (Wildman–Crippen MR) is 67.8 cm³/mol. The van der Waals surface area contributed by atoms with Gasteiger partial charge in [-0.3, -0.25) is 4.68 Å². The van der Waals surface area contributed by atoms with Crippen LogP contribution in [0.1, 0.15) is 22.7 Å². The second-order valence-electron chi connectivity index (χ2n) is 4.08. The number of hydrogen-bond acceptors (Lipinski definition) is 3. The van der Waals surface area contributed by atoms with Crippen LogP contribution in [0.3, 0.4) is 0 Å². The summed E-state index contributed by atoms with van der Waals surface area (Å²) < 4.78 is 1.85. The molecule has 86 valence electrons. The van der Waals surface area contributed by atoms with Gasteiger partial charge in [0.25, 0.3) is 0 Å². The molecule has 1 N–H and O–H groups in total. The predicted octanol–water partition coefficient (Wildman–Crippen LogP) is 2.29. The average molecular weight is 235 g/mol. The minimum Gasteiger partial charge on any atom is -0.313 e. The van der Waals surface area contributed by atoms with Gasteiger partial charge in [-0.05, 0) is 47.8 Å². The van der Waals surface area contributed by atoms with Crippen molar-refractivity contribution < 1.29 is 0 Å². The van der Waals surface area contributed by atoms with E-state index in [9.17, 15) is 0 Å². The van der Waals surface area contributed by atoms with Gasteiger partial charge >= 0.3 is 0 Å². The molecule has 0 aliphatic carbocycles. The van der Waals surface area contributed by atoms with E-state index in [1.165, 1.54) is 16.7 Å². The first-order valence-electron chi connectivity index (χ1n) is 5.38. The molecule has 1 unspecified atom stereocenters. The van der Waals surface area contributed by atoms with Crippen LogP contribution < -0.4 is 5.32 Å². The fourth-order valence-corrected chi connectivity index (χ4v) is 2.81. The maximum Gasteiger partial charge on any atom is 0.0522 e. The maximum atomic E-state index is 4.20. The molecule has 16 heavy (non-hydrogen) atoms. The number of likely N-dealkylation sites (N-methyl/N-ethyl adjacent to an activating group) is 1. The van der Waals surface area contributed by atoms with Gasteiger partial charge in [0.05, 0.1) is 6.20 Å². The van der Waals surface area contributed by atoms with Crippen molar-refractivity contribution >= 4 is 11.3 Å². The molecule has 0 fully saturated rings. The largest absolute Gasteiger partial charge is 0.313 e. The summed E-state index contributed by atoms with van der Waals surface area (Å²) in [6.45, 7) is 2.17. The third-order valence-corrected chi connectivity index (χ3v) is 3.70. The minimum absolute atomic E-state index is 0.385. The summed E-state index contributed by atoms with van der Waals surface area (Å²) in [7, 11) is 3.96. The van der Waals surface area contributed by atoms with E-state index < -0.39 is 0 Å². The number of aromatic nitrogens is 2. The maximum absolute atomic E-state index is 4.20. The van der Waals surface area contributed by atoms with Gasteiger partial charge in [-0.15, -0.1) is 0 Å². The second-order valence-corrected chi connectivity index (χ2v) is 4.82. The van der Waals surface area contributed by atoms with Crippen molar-refractivity contribution in [3.05, 3.63) is 39.8 Å². The highest BCUT2D eigenvalue weighted by Crippen LogP contribution is 2.24. The Labute approximate surface area is 100 Å². The van der Waals surface area contributed by atoms with Gasteiger partial charge < -0.3 is 5.32 Å². The Balaban J connectivity index is 2.15. The number of rotatable bonds is 4. The van der Waals surface area contributed by atoms with Crippen molar-refractivity contribution in [2.24, 2.45) is 7.05 Å². The van der Waals surface area contributed by atoms with Gasteiger partial charge in [0.15, 0.2) is 0 Å². The molecule has 0 radical (unpaired) electrons. The molecule has 0 saturated carbocycles. The third-order valence-electron chi connectivity index (χ3n) is 2.82. The van der Waals surface area contributed by atoms with Crippen LogP contribution >= 0.6 is 11.3 Å². The SMILES string of the molecule is CNC(Cc1cnn(C)c1)c1cscc1C. The van der Waals surface area contributed by atoms with Crippen molar-refractivity contribution in [3.8, 4) is 0 Å². The van der Waals surface area contributed by atoms with Gasteiger partial charge in [-0.2, -0.15) is 16.4 Å². The lowest BCUT2D eigenvalue weighted by Gasteiger charge is -2.15. The van der Waals surface area contributed by atoms with Gasteiger partial charge in [-0.25, -0.2) is 0 Å². The summed E-state index contributed by atoms with van der Waals surface area (Å²) in [5.74, 6) is 0. The van der Waals surface area contributed by atoms with E-state index in [1.54, 1.807) is 11.3 Å². The highest BCUT2D eigenvalue weighted by molar-refractivity contribution is 7.08. The van der Waals surface area contributed by atoms with Crippen molar-refractivity contribution in [1.82, 2.24) is 15.1 Å². The molecule has 2 aromatic rings. The van der Waals surface area contributed by atoms with Crippen LogP contribution in [0.2, 0.25) is 0 Å². The van der Waals surface area contributed by atoms with Crippen molar-refractivity contribution in [2.45, 2.75) is 19.4 Å². The Morgan fingerprint density at radius 2 is 2.31 bits per heavy atom. The summed E-state index contributed by atoms with van der Waals surface area (Å²) in [5, 5.41) is 12.0. The molecular weight excluding hydrogens is 218 g/mol. The van der Waals surface area contributed by atoms with Gasteiger partial charge in [0, 0.05) is 19.3 Å². The van der Waals surface area contributed by atoms with E-state index in [-0.39, 0.29) is 0 Å². The number of nitrogens with one attached hydrogen (secondary N) is 1. The summed E-state index contributed by atoms with van der Waals surface area (Å²) in [4.78, 5) is 0. The fraction of sp³-hybridized carbons (Fsp3) is 0.417. The van der Waals surface area contributed by atoms with Crippen molar-refractivity contribution in [1.29, 1.82) is 0 Å². The van der Waals surface area contributed by atoms with Crippen molar-refractivity contribution in [3.63, 3.8) is 0 Å². The lowest BCUT2D eigenvalue weighted by molar-refractivity contribution is 0.590. The average Bonchev–Trinajstić information content (AvgIpc) is 2.84. The Hall–Kier alpha value is -1.13. The highest BCUT2D eigenvalue weighted by Gasteiger charge is 2.13. The Morgan fingerprint density at radius 1 is 1.50 bits per heavy atom. The summed E-state index contributed by atoms with van der Waals surface area (Å²) in [6, 6.07) is 0.385. The third kappa shape index (κ3) is 2.33. The lowest BCUT2D eigenvalue weighted by Crippen LogP contribution is -2.18. The van der Waals surface area contributed by atoms with Crippen LogP contribution in [0.25, 0.3) is 0 Å². The normalized spacial score (nSPS) is 12.9. The Kier molecular flexibility index (Phi) is 3.41. The summed E-state index contributed by atoms with van der Waals surface area (Å²) >= 11 is 1.76. The van der Waals surface area contributed by atoms with Crippen LogP contribution in [0, 0.1) is 6.92 Å². The number of thiophene rings is 1. The molecule has 2 aromatic heterocycles. The van der Waals surface area contributed by atoms with E-state index in [4.69, 9.17) is 0 Å². The summed E-state index contributed by atoms with van der Waals surface area (Å²) in [6.07, 6.45) is 5.00. The number of nitrogens with zero attached hydrogens (tertiary/aromatic N) is 2. The first-order valence-corrected chi connectivity index (χ1v) is 6.32. The molecule has 3 nitrogen and oxygen atoms in total. The van der Waals surface area contributed by atoms with Crippen molar-refractivity contribution in [2.75, 3.05) is 7.05 Å². The molecule has 0 aliphatic heterocycles. The smallest absolute Gasteiger partial charge is 0.0522 e. The Morgan fingerprint density at radius 3 is 2.81 bits per heavy atom. The molecular formula is C12H17N3S. The van der Waals surface area contributed by atoms with Gasteiger partial charge in [-0.1, -0.05) is 0 Å². The van der Waals surface area contributed by atoms with Crippen LogP contribution in [0.5, 0.6) is 0 Å². The van der Waals surface area contributed by atoms with E-state index in [0.29, 0.717) is 6.04 Å². The molecule has 2 heterocycles. The first-order chi connectivity index (χ1) is 7.70. The summed E-state index contributed by atoms with van der Waals surface area (Å²) in [5.41, 5.74) is 4.04. The monoisotopic (exact) mass is 235 g/mol. The van der Waals surface area contributed by atoms with E-state index in [2.05, 4.69) is 34.3 Å². The molecule has 0 bridgehead atoms. The topological polar surface area (TPSA) is 29.9 Å². The van der Waals surface area contributed by atoms with Gasteiger partial charge in [0.2, 0.25) is 0 Å². The van der Waals surface area contributed by atoms with Crippen LogP contribution in [0.4, 0.5) is 0 Å². The molecule has 2 rings (SSSR count). The zero-order valence-electron chi connectivity index (χ0n) is 9.90. The van der Waals surface area contributed by atoms with Crippen LogP contribution in [0.15, 0.2) is 23.2 Å². The molecule has 0 amide bonds. The van der Waals surface area contributed by atoms with Crippen LogP contribution in [-0.2, 0) is 13.5 Å². The molecule has 0 aliphatic rings. The number of aryl methyl sites for hydroxylation is 2. The first kappa shape index (κ1) is 11.4. The van der Waals surface area contributed by atoms with E-state index in [0.717, 1.165) is 6.42 Å². The molecule has 0 aromatic carbocycles. The molecule has 4 heteroatoms. The quantitative estimate of drug-likeness (QED) is 0.881. The standard InChI is InChI=1S/C12H17N3S/c1-9-7-16-8-11(9)12(13-2)4-10-5-14-15(3)6-10/h5-8,12-13H,4H2,1-3H3. The lowest BCUT2D eigenvalue weighted by atomic mass is 10.0. The van der Waals surface area contributed by atoms with Crippen LogP contribution in [-0.4, -0.2) is 16.8 Å². The zero-order valence-corrected chi connectivity index (χ0v) is 10.7. The minimum atomic E-state index is 0.385. The molecule has 0 saturated heterocycles. The number of hydrogen-bond donors (Lipinski definition) is 1. The molecule has 0 spiro atoms. The van der Waals surface area contributed by atoms with Gasteiger partial charge in [0.1, 0.15) is 0 Å². The Bertz CT molecular complexity index is 458. The van der Waals surface area contributed by atoms with E-state index in [1.807, 2.05) is 25.0 Å². The van der Waals surface area contributed by atoms with E-state index >= 15 is 0 Å². The fourth-order valence-electron chi connectivity index (χ4n) is 1.91. The highest BCUT2D eigenvalue weighted by atomic mass is 32.1. The second kappa shape index (κ2) is 4.80. The zero-order chi connectivity index (χ0) is 11.5. The molecule has 1 atom stereocenters.